The Hall–Kier alpha value is -2.70. The highest BCUT2D eigenvalue weighted by Gasteiger charge is 2.28. The quantitative estimate of drug-likeness (QED) is 0.831. The lowest BCUT2D eigenvalue weighted by atomic mass is 10.2. The molecule has 0 N–H and O–H groups in total. The van der Waals surface area contributed by atoms with Gasteiger partial charge in [-0.15, -0.1) is 0 Å². The van der Waals surface area contributed by atoms with Crippen LogP contribution in [0.3, 0.4) is 0 Å². The number of aromatic nitrogens is 1. The molecule has 1 atom stereocenters. The first-order valence-corrected chi connectivity index (χ1v) is 8.79. The highest BCUT2D eigenvalue weighted by molar-refractivity contribution is 6.03. The van der Waals surface area contributed by atoms with E-state index in [4.69, 9.17) is 4.99 Å². The number of rotatable bonds is 3. The van der Waals surface area contributed by atoms with E-state index in [9.17, 15) is 4.79 Å². The summed E-state index contributed by atoms with van der Waals surface area (Å²) in [5.41, 5.74) is 0.694. The fourth-order valence-corrected chi connectivity index (χ4v) is 3.34. The first kappa shape index (κ1) is 15.8. The van der Waals surface area contributed by atoms with Crippen LogP contribution in [0.15, 0.2) is 46.4 Å². The third-order valence-corrected chi connectivity index (χ3v) is 4.89. The summed E-state index contributed by atoms with van der Waals surface area (Å²) in [6.45, 7) is 6.04. The van der Waals surface area contributed by atoms with E-state index in [1.54, 1.807) is 24.5 Å². The van der Waals surface area contributed by atoms with Gasteiger partial charge in [-0.1, -0.05) is 6.92 Å². The van der Waals surface area contributed by atoms with Gasteiger partial charge < -0.3 is 14.7 Å². The third kappa shape index (κ3) is 3.14. The number of carbonyl (C=O) groups excluding carboxylic acids is 1. The zero-order chi connectivity index (χ0) is 17.2. The predicted octanol–water partition coefficient (Wildman–Crippen LogP) is 1.22. The Balaban J connectivity index is 1.39. The molecule has 0 saturated carbocycles. The molecule has 1 aromatic heterocycles. The molecule has 4 rings (SSSR count). The molecule has 0 radical (unpaired) electrons. The number of fused-ring (bicyclic) bond motifs is 1. The molecular weight excluding hydrogens is 316 g/mol. The van der Waals surface area contributed by atoms with Crippen LogP contribution >= 0.6 is 0 Å². The first-order chi connectivity index (χ1) is 12.2. The molecular formula is C18H22N6O. The van der Waals surface area contributed by atoms with Crippen molar-refractivity contribution in [2.24, 2.45) is 9.98 Å². The number of amides is 1. The van der Waals surface area contributed by atoms with Crippen molar-refractivity contribution in [1.82, 2.24) is 19.7 Å². The van der Waals surface area contributed by atoms with Gasteiger partial charge >= 0.3 is 0 Å². The van der Waals surface area contributed by atoms with E-state index in [1.807, 2.05) is 11.2 Å². The van der Waals surface area contributed by atoms with Crippen LogP contribution in [0.25, 0.3) is 0 Å². The van der Waals surface area contributed by atoms with Gasteiger partial charge in [-0.3, -0.25) is 14.8 Å². The lowest BCUT2D eigenvalue weighted by Gasteiger charge is -2.36. The van der Waals surface area contributed by atoms with Gasteiger partial charge in [-0.05, 0) is 18.6 Å². The van der Waals surface area contributed by atoms with Crippen LogP contribution in [0, 0.1) is 0 Å². The average Bonchev–Trinajstić information content (AvgIpc) is 3.10. The maximum absolute atomic E-state index is 12.5. The van der Waals surface area contributed by atoms with Crippen LogP contribution in [-0.2, 0) is 0 Å². The van der Waals surface area contributed by atoms with E-state index in [-0.39, 0.29) is 5.91 Å². The van der Waals surface area contributed by atoms with Crippen molar-refractivity contribution in [3.63, 3.8) is 0 Å². The minimum absolute atomic E-state index is 0.0697. The molecule has 0 bridgehead atoms. The molecule has 3 aliphatic rings. The van der Waals surface area contributed by atoms with E-state index in [0.717, 1.165) is 37.7 Å². The van der Waals surface area contributed by atoms with Crippen molar-refractivity contribution in [2.75, 3.05) is 32.7 Å². The van der Waals surface area contributed by atoms with Crippen LogP contribution in [0.4, 0.5) is 0 Å². The Morgan fingerprint density at radius 1 is 1.20 bits per heavy atom. The van der Waals surface area contributed by atoms with E-state index in [0.29, 0.717) is 24.7 Å². The molecule has 0 spiro atoms. The molecule has 3 aliphatic heterocycles. The molecule has 7 heteroatoms. The molecule has 0 aromatic carbocycles. The smallest absolute Gasteiger partial charge is 0.254 e. The molecule has 1 amide bonds. The molecule has 0 unspecified atom stereocenters. The highest BCUT2D eigenvalue weighted by atomic mass is 16.2. The summed E-state index contributed by atoms with van der Waals surface area (Å²) in [5.74, 6) is 2.02. The second kappa shape index (κ2) is 6.66. The maximum atomic E-state index is 12.5. The minimum atomic E-state index is 0.0697. The number of nitrogens with zero attached hydrogens (tertiary/aromatic N) is 6. The molecule has 1 fully saturated rings. The van der Waals surface area contributed by atoms with E-state index in [2.05, 4.69) is 32.8 Å². The van der Waals surface area contributed by atoms with Gasteiger partial charge in [0.15, 0.2) is 0 Å². The Morgan fingerprint density at radius 3 is 2.68 bits per heavy atom. The van der Waals surface area contributed by atoms with Crippen molar-refractivity contribution in [3.05, 3.63) is 42.0 Å². The minimum Gasteiger partial charge on any atom is -0.353 e. The number of amidine groups is 1. The third-order valence-electron chi connectivity index (χ3n) is 4.89. The number of pyridine rings is 1. The zero-order valence-electron chi connectivity index (χ0n) is 14.4. The summed E-state index contributed by atoms with van der Waals surface area (Å²) in [6, 6.07) is 3.89. The Labute approximate surface area is 147 Å². The normalized spacial score (nSPS) is 22.6. The monoisotopic (exact) mass is 338 g/mol. The number of hydrogen-bond donors (Lipinski definition) is 0. The van der Waals surface area contributed by atoms with E-state index < -0.39 is 0 Å². The van der Waals surface area contributed by atoms with Gasteiger partial charge in [-0.25, -0.2) is 4.99 Å². The van der Waals surface area contributed by atoms with Gasteiger partial charge in [0.2, 0.25) is 0 Å². The zero-order valence-corrected chi connectivity index (χ0v) is 14.4. The topological polar surface area (TPSA) is 64.4 Å². The number of aliphatic imine (C=N–C) groups is 2. The lowest BCUT2D eigenvalue weighted by molar-refractivity contribution is 0.0668. The number of piperazine rings is 1. The van der Waals surface area contributed by atoms with Crippen molar-refractivity contribution < 1.29 is 4.79 Å². The lowest BCUT2D eigenvalue weighted by Crippen LogP contribution is -2.48. The van der Waals surface area contributed by atoms with Crippen molar-refractivity contribution in [2.45, 2.75) is 19.4 Å². The maximum Gasteiger partial charge on any atom is 0.254 e. The van der Waals surface area contributed by atoms with Gasteiger partial charge in [0.25, 0.3) is 5.91 Å². The van der Waals surface area contributed by atoms with Gasteiger partial charge in [0, 0.05) is 56.8 Å². The Morgan fingerprint density at radius 2 is 1.96 bits per heavy atom. The van der Waals surface area contributed by atoms with Crippen molar-refractivity contribution in [3.8, 4) is 0 Å². The predicted molar refractivity (Wildman–Crippen MR) is 96.5 cm³/mol. The summed E-state index contributed by atoms with van der Waals surface area (Å²) < 4.78 is 0. The van der Waals surface area contributed by atoms with Crippen molar-refractivity contribution in [1.29, 1.82) is 0 Å². The van der Waals surface area contributed by atoms with Crippen molar-refractivity contribution >= 4 is 18.1 Å². The fourth-order valence-electron chi connectivity index (χ4n) is 3.34. The molecule has 130 valence electrons. The molecule has 0 aliphatic carbocycles. The SMILES string of the molecule is CC[C@H]1CN2C=NC(N3CCN(C(=O)c4ccncc4)CC3)=CC2=N1. The van der Waals surface area contributed by atoms with Gasteiger partial charge in [-0.2, -0.15) is 0 Å². The Bertz CT molecular complexity index is 733. The second-order valence-corrected chi connectivity index (χ2v) is 6.46. The van der Waals surface area contributed by atoms with Crippen LogP contribution in [0.5, 0.6) is 0 Å². The highest BCUT2D eigenvalue weighted by Crippen LogP contribution is 2.20. The second-order valence-electron chi connectivity index (χ2n) is 6.46. The first-order valence-electron chi connectivity index (χ1n) is 8.79. The van der Waals surface area contributed by atoms with Crippen LogP contribution in [0.2, 0.25) is 0 Å². The molecule has 7 nitrogen and oxygen atoms in total. The molecule has 1 saturated heterocycles. The summed E-state index contributed by atoms with van der Waals surface area (Å²) in [4.78, 5) is 32.0. The summed E-state index contributed by atoms with van der Waals surface area (Å²) in [5, 5.41) is 0. The van der Waals surface area contributed by atoms with E-state index >= 15 is 0 Å². The molecule has 4 heterocycles. The van der Waals surface area contributed by atoms with Gasteiger partial charge in [0.05, 0.1) is 12.4 Å². The summed E-state index contributed by atoms with van der Waals surface area (Å²) >= 11 is 0. The number of carbonyl (C=O) groups is 1. The summed E-state index contributed by atoms with van der Waals surface area (Å²) in [6.07, 6.45) is 8.31. The van der Waals surface area contributed by atoms with Crippen LogP contribution in [0.1, 0.15) is 23.7 Å². The van der Waals surface area contributed by atoms with Crippen LogP contribution < -0.4 is 0 Å². The molecule has 1 aromatic rings. The average molecular weight is 338 g/mol. The molecule has 25 heavy (non-hydrogen) atoms. The van der Waals surface area contributed by atoms with E-state index in [1.165, 1.54) is 0 Å². The number of hydrogen-bond acceptors (Lipinski definition) is 6. The standard InChI is InChI=1S/C18H22N6O/c1-2-15-12-24-13-20-16(11-17(24)21-15)22-7-9-23(10-8-22)18(25)14-3-5-19-6-4-14/h3-6,11,13,15H,2,7-10,12H2,1H3/t15-/m0/s1. The largest absolute Gasteiger partial charge is 0.353 e. The Kier molecular flexibility index (Phi) is 4.21. The van der Waals surface area contributed by atoms with Gasteiger partial charge in [0.1, 0.15) is 11.7 Å². The fraction of sp³-hybridized carbons (Fsp3) is 0.444. The summed E-state index contributed by atoms with van der Waals surface area (Å²) in [7, 11) is 0. The van der Waals surface area contributed by atoms with Crippen LogP contribution in [-0.4, -0.2) is 76.5 Å².